The third kappa shape index (κ3) is 2.32. The number of rotatable bonds is 2. The molecule has 2 rings (SSSR count). The molecule has 0 N–H and O–H groups in total. The normalized spacial score (nSPS) is 19.3. The van der Waals surface area contributed by atoms with Crippen molar-refractivity contribution in [1.82, 2.24) is 4.90 Å². The van der Waals surface area contributed by atoms with Crippen LogP contribution in [0.15, 0.2) is 12.1 Å². The maximum absolute atomic E-state index is 13.1. The van der Waals surface area contributed by atoms with Crippen LogP contribution < -0.4 is 0 Å². The maximum Gasteiger partial charge on any atom is 0.254 e. The molecule has 1 atom stereocenters. The first kappa shape index (κ1) is 13.2. The van der Waals surface area contributed by atoms with E-state index in [2.05, 4.69) is 0 Å². The monoisotopic (exact) mass is 277 g/mol. The van der Waals surface area contributed by atoms with Crippen LogP contribution in [0.2, 0.25) is 0 Å². The number of amides is 1. The quantitative estimate of drug-likeness (QED) is 0.601. The van der Waals surface area contributed by atoms with Gasteiger partial charge >= 0.3 is 0 Å². The van der Waals surface area contributed by atoms with Gasteiger partial charge in [-0.25, -0.2) is 13.2 Å². The first-order valence-corrected chi connectivity index (χ1v) is 6.09. The molecule has 0 saturated carbocycles. The van der Waals surface area contributed by atoms with E-state index >= 15 is 0 Å². The summed E-state index contributed by atoms with van der Waals surface area (Å²) in [5, 5.41) is 0. The van der Waals surface area contributed by atoms with Gasteiger partial charge in [-0.3, -0.25) is 4.79 Å². The first-order valence-electron chi connectivity index (χ1n) is 5.56. The summed E-state index contributed by atoms with van der Waals surface area (Å²) in [5.41, 5.74) is -0.191. The molecule has 1 aliphatic rings. The van der Waals surface area contributed by atoms with Crippen LogP contribution in [0.5, 0.6) is 0 Å². The summed E-state index contributed by atoms with van der Waals surface area (Å²) < 4.78 is 38.9. The van der Waals surface area contributed by atoms with E-state index in [0.29, 0.717) is 18.7 Å². The van der Waals surface area contributed by atoms with Crippen LogP contribution in [0.25, 0.3) is 0 Å². The lowest BCUT2D eigenvalue weighted by molar-refractivity contribution is 0.0748. The molecule has 1 aliphatic heterocycles. The lowest BCUT2D eigenvalue weighted by atomic mass is 10.1. The lowest BCUT2D eigenvalue weighted by Gasteiger charge is -2.23. The number of hydrogen-bond donors (Lipinski definition) is 0. The Labute approximate surface area is 107 Å². The van der Waals surface area contributed by atoms with E-state index < -0.39 is 23.4 Å². The summed E-state index contributed by atoms with van der Waals surface area (Å²) >= 11 is 5.72. The number of halogens is 4. The van der Waals surface area contributed by atoms with Crippen LogP contribution in [0.3, 0.4) is 0 Å². The highest BCUT2D eigenvalue weighted by molar-refractivity contribution is 6.18. The van der Waals surface area contributed by atoms with Crippen molar-refractivity contribution >= 4 is 17.5 Å². The molecule has 1 aromatic carbocycles. The van der Waals surface area contributed by atoms with Gasteiger partial charge in [-0.15, -0.1) is 11.6 Å². The smallest absolute Gasteiger partial charge is 0.254 e. The fourth-order valence-electron chi connectivity index (χ4n) is 2.11. The van der Waals surface area contributed by atoms with Gasteiger partial charge in [0, 0.05) is 24.0 Å². The Morgan fingerprint density at radius 2 is 1.94 bits per heavy atom. The van der Waals surface area contributed by atoms with E-state index in [1.54, 1.807) is 0 Å². The summed E-state index contributed by atoms with van der Waals surface area (Å²) in [6.45, 7) is 0.497. The molecule has 98 valence electrons. The highest BCUT2D eigenvalue weighted by Gasteiger charge is 2.29. The molecule has 0 aromatic heterocycles. The molecule has 18 heavy (non-hydrogen) atoms. The van der Waals surface area contributed by atoms with Crippen LogP contribution in [0, 0.1) is 17.5 Å². The largest absolute Gasteiger partial charge is 0.334 e. The topological polar surface area (TPSA) is 20.3 Å². The second-order valence-corrected chi connectivity index (χ2v) is 4.51. The third-order valence-corrected chi connectivity index (χ3v) is 3.40. The fourth-order valence-corrected chi connectivity index (χ4v) is 2.43. The number of alkyl halides is 1. The third-order valence-electron chi connectivity index (χ3n) is 3.05. The van der Waals surface area contributed by atoms with Crippen molar-refractivity contribution in [3.63, 3.8) is 0 Å². The van der Waals surface area contributed by atoms with Gasteiger partial charge in [0.1, 0.15) is 0 Å². The molecule has 0 radical (unpaired) electrons. The van der Waals surface area contributed by atoms with Crippen LogP contribution in [0.1, 0.15) is 23.2 Å². The van der Waals surface area contributed by atoms with Gasteiger partial charge in [-0.2, -0.15) is 0 Å². The van der Waals surface area contributed by atoms with Crippen molar-refractivity contribution in [3.8, 4) is 0 Å². The molecular weight excluding hydrogens is 267 g/mol. The van der Waals surface area contributed by atoms with Crippen molar-refractivity contribution in [2.24, 2.45) is 0 Å². The summed E-state index contributed by atoms with van der Waals surface area (Å²) in [5.74, 6) is -4.53. The Bertz CT molecular complexity index is 457. The molecule has 0 bridgehead atoms. The summed E-state index contributed by atoms with van der Waals surface area (Å²) in [6, 6.07) is 1.30. The SMILES string of the molecule is O=C(c1cc(F)c(F)c(F)c1)N1CCCC1CCl. The van der Waals surface area contributed by atoms with E-state index in [9.17, 15) is 18.0 Å². The number of nitrogens with zero attached hydrogens (tertiary/aromatic N) is 1. The Hall–Kier alpha value is -1.23. The summed E-state index contributed by atoms with van der Waals surface area (Å²) in [4.78, 5) is 13.5. The van der Waals surface area contributed by atoms with E-state index in [1.807, 2.05) is 0 Å². The zero-order chi connectivity index (χ0) is 13.3. The summed E-state index contributed by atoms with van der Waals surface area (Å²) in [6.07, 6.45) is 1.57. The Morgan fingerprint density at radius 3 is 2.50 bits per heavy atom. The lowest BCUT2D eigenvalue weighted by Crippen LogP contribution is -2.36. The van der Waals surface area contributed by atoms with Crippen molar-refractivity contribution in [1.29, 1.82) is 0 Å². The van der Waals surface area contributed by atoms with Gasteiger partial charge in [0.2, 0.25) is 0 Å². The molecule has 2 nitrogen and oxygen atoms in total. The predicted molar refractivity (Wildman–Crippen MR) is 61.1 cm³/mol. The Morgan fingerprint density at radius 1 is 1.33 bits per heavy atom. The number of carbonyl (C=O) groups excluding carboxylic acids is 1. The van der Waals surface area contributed by atoms with E-state index in [4.69, 9.17) is 11.6 Å². The van der Waals surface area contributed by atoms with Gasteiger partial charge in [-0.1, -0.05) is 0 Å². The average Bonchev–Trinajstić information content (AvgIpc) is 2.82. The maximum atomic E-state index is 13.1. The zero-order valence-electron chi connectivity index (χ0n) is 9.43. The van der Waals surface area contributed by atoms with Crippen molar-refractivity contribution in [2.75, 3.05) is 12.4 Å². The minimum Gasteiger partial charge on any atom is -0.334 e. The standard InChI is InChI=1S/C12H11ClF3NO/c13-6-8-2-1-3-17(8)12(18)7-4-9(14)11(16)10(15)5-7/h4-5,8H,1-3,6H2. The molecule has 0 aliphatic carbocycles. The van der Waals surface area contributed by atoms with Crippen LogP contribution in [-0.2, 0) is 0 Å². The molecule has 0 spiro atoms. The molecule has 1 saturated heterocycles. The second kappa shape index (κ2) is 5.18. The second-order valence-electron chi connectivity index (χ2n) is 4.20. The van der Waals surface area contributed by atoms with Gasteiger partial charge in [0.15, 0.2) is 17.5 Å². The number of hydrogen-bond acceptors (Lipinski definition) is 1. The predicted octanol–water partition coefficient (Wildman–Crippen LogP) is 2.95. The number of likely N-dealkylation sites (tertiary alicyclic amines) is 1. The molecule has 1 unspecified atom stereocenters. The van der Waals surface area contributed by atoms with Gasteiger partial charge in [0.25, 0.3) is 5.91 Å². The van der Waals surface area contributed by atoms with Crippen molar-refractivity contribution in [3.05, 3.63) is 35.1 Å². The van der Waals surface area contributed by atoms with E-state index in [-0.39, 0.29) is 17.5 Å². The average molecular weight is 278 g/mol. The fraction of sp³-hybridized carbons (Fsp3) is 0.417. The molecular formula is C12H11ClF3NO. The van der Waals surface area contributed by atoms with Gasteiger partial charge in [0.05, 0.1) is 0 Å². The highest BCUT2D eigenvalue weighted by Crippen LogP contribution is 2.22. The highest BCUT2D eigenvalue weighted by atomic mass is 35.5. The van der Waals surface area contributed by atoms with Crippen LogP contribution in [0.4, 0.5) is 13.2 Å². The zero-order valence-corrected chi connectivity index (χ0v) is 10.2. The van der Waals surface area contributed by atoms with Crippen molar-refractivity contribution < 1.29 is 18.0 Å². The van der Waals surface area contributed by atoms with Gasteiger partial charge in [-0.05, 0) is 25.0 Å². The molecule has 1 aromatic rings. The van der Waals surface area contributed by atoms with Crippen LogP contribution >= 0.6 is 11.6 Å². The Balaban J connectivity index is 2.29. The molecule has 1 fully saturated rings. The number of carbonyl (C=O) groups is 1. The van der Waals surface area contributed by atoms with Crippen LogP contribution in [-0.4, -0.2) is 29.3 Å². The van der Waals surface area contributed by atoms with E-state index in [0.717, 1.165) is 12.8 Å². The number of benzene rings is 1. The molecule has 1 amide bonds. The Kier molecular flexibility index (Phi) is 3.80. The minimum absolute atomic E-state index is 0.129. The first-order chi connectivity index (χ1) is 8.54. The molecule has 1 heterocycles. The molecule has 6 heteroatoms. The minimum atomic E-state index is -1.57. The van der Waals surface area contributed by atoms with Gasteiger partial charge < -0.3 is 4.90 Å². The van der Waals surface area contributed by atoms with E-state index in [1.165, 1.54) is 4.90 Å². The summed E-state index contributed by atoms with van der Waals surface area (Å²) in [7, 11) is 0. The van der Waals surface area contributed by atoms with Crippen molar-refractivity contribution in [2.45, 2.75) is 18.9 Å².